The van der Waals surface area contributed by atoms with Gasteiger partial charge >= 0.3 is 0 Å². The Morgan fingerprint density at radius 2 is 1.13 bits per heavy atom. The molecule has 2 nitrogen and oxygen atoms in total. The zero-order chi connectivity index (χ0) is 11.9. The molecule has 0 spiro atoms. The number of hydrogen-bond donors (Lipinski definition) is 0. The van der Waals surface area contributed by atoms with Crippen LogP contribution in [0.2, 0.25) is 0 Å². The highest BCUT2D eigenvalue weighted by atomic mass is 32.2. The van der Waals surface area contributed by atoms with Gasteiger partial charge in [-0.2, -0.15) is 0 Å². The summed E-state index contributed by atoms with van der Waals surface area (Å²) in [5.41, 5.74) is 0. The minimum atomic E-state index is -3.54. The van der Waals surface area contributed by atoms with Gasteiger partial charge in [-0.15, -0.1) is 0 Å². The molecule has 0 unspecified atom stereocenters. The lowest BCUT2D eigenvalue weighted by Crippen LogP contribution is -2.03. The molecule has 0 aliphatic heterocycles. The molecule has 0 amide bonds. The molecule has 3 heteroatoms. The van der Waals surface area contributed by atoms with E-state index in [1.807, 2.05) is 0 Å². The van der Waals surface area contributed by atoms with Crippen LogP contribution in [-0.4, -0.2) is 8.42 Å². The molecule has 0 fully saturated rings. The summed E-state index contributed by atoms with van der Waals surface area (Å²) in [5.74, 6) is 0. The van der Waals surface area contributed by atoms with Crippen molar-refractivity contribution in [2.45, 2.75) is 0 Å². The van der Waals surface area contributed by atoms with Crippen molar-refractivity contribution in [3.05, 3.63) is 72.6 Å². The molecule has 0 heterocycles. The first-order valence-electron chi connectivity index (χ1n) is 4.20. The largest absolute Gasteiger partial charge is 0.219 e. The molecule has 0 N–H and O–H groups in total. The second-order valence-corrected chi connectivity index (χ2v) is 4.47. The van der Waals surface area contributed by atoms with Crippen LogP contribution >= 0.6 is 0 Å². The van der Waals surface area contributed by atoms with Crippen LogP contribution in [0.25, 0.3) is 0 Å². The number of rotatable bonds is 6. The smallest absolute Gasteiger partial charge is 0.206 e. The quantitative estimate of drug-likeness (QED) is 0.647. The van der Waals surface area contributed by atoms with Gasteiger partial charge in [-0.25, -0.2) is 8.42 Å². The van der Waals surface area contributed by atoms with Crippen molar-refractivity contribution in [3.8, 4) is 0 Å². The molecule has 0 aromatic carbocycles. The molecule has 0 aliphatic carbocycles. The van der Waals surface area contributed by atoms with Crippen LogP contribution < -0.4 is 0 Å². The van der Waals surface area contributed by atoms with Crippen molar-refractivity contribution in [3.63, 3.8) is 0 Å². The molecule has 0 saturated heterocycles. The van der Waals surface area contributed by atoms with Crippen LogP contribution in [0.5, 0.6) is 0 Å². The molecule has 0 radical (unpaired) electrons. The highest BCUT2D eigenvalue weighted by Crippen LogP contribution is 2.19. The first-order valence-corrected chi connectivity index (χ1v) is 5.68. The van der Waals surface area contributed by atoms with E-state index in [1.54, 1.807) is 0 Å². The van der Waals surface area contributed by atoms with Crippen molar-refractivity contribution in [2.75, 3.05) is 0 Å². The number of hydrogen-bond acceptors (Lipinski definition) is 2. The van der Waals surface area contributed by atoms with Gasteiger partial charge in [0, 0.05) is 0 Å². The third kappa shape index (κ3) is 3.22. The van der Waals surface area contributed by atoms with Gasteiger partial charge in [-0.1, -0.05) is 50.6 Å². The lowest BCUT2D eigenvalue weighted by Gasteiger charge is -2.04. The molecule has 0 aromatic rings. The van der Waals surface area contributed by atoms with E-state index in [1.165, 1.54) is 36.5 Å². The summed E-state index contributed by atoms with van der Waals surface area (Å²) in [5, 5.41) is 0. The molecular formula is C12H14O2S. The van der Waals surface area contributed by atoms with Crippen LogP contribution in [-0.2, 0) is 9.84 Å². The van der Waals surface area contributed by atoms with E-state index in [0.29, 0.717) is 0 Å². The molecule has 0 rings (SSSR count). The fourth-order valence-electron chi connectivity index (χ4n) is 0.903. The van der Waals surface area contributed by atoms with Gasteiger partial charge in [0.05, 0.1) is 9.81 Å². The minimum absolute atomic E-state index is 0.0884. The maximum Gasteiger partial charge on any atom is 0.206 e. The molecule has 15 heavy (non-hydrogen) atoms. The summed E-state index contributed by atoms with van der Waals surface area (Å²) in [6, 6.07) is 0. The van der Waals surface area contributed by atoms with Crippen molar-refractivity contribution < 1.29 is 8.42 Å². The molecule has 0 aromatic heterocycles. The maximum absolute atomic E-state index is 11.9. The Morgan fingerprint density at radius 3 is 1.33 bits per heavy atom. The van der Waals surface area contributed by atoms with Gasteiger partial charge in [0.1, 0.15) is 0 Å². The minimum Gasteiger partial charge on any atom is -0.219 e. The normalized spacial score (nSPS) is 13.1. The second kappa shape index (κ2) is 5.98. The predicted molar refractivity (Wildman–Crippen MR) is 65.9 cm³/mol. The van der Waals surface area contributed by atoms with Gasteiger partial charge in [0.15, 0.2) is 0 Å². The van der Waals surface area contributed by atoms with E-state index in [-0.39, 0.29) is 9.81 Å². The van der Waals surface area contributed by atoms with Gasteiger partial charge in [-0.05, 0) is 12.2 Å². The molecule has 80 valence electrons. The van der Waals surface area contributed by atoms with Crippen LogP contribution in [0.15, 0.2) is 72.6 Å². The van der Waals surface area contributed by atoms with Crippen molar-refractivity contribution in [1.82, 2.24) is 0 Å². The van der Waals surface area contributed by atoms with Gasteiger partial charge in [-0.3, -0.25) is 0 Å². The van der Waals surface area contributed by atoms with E-state index in [9.17, 15) is 8.42 Å². The number of sulfone groups is 1. The lowest BCUT2D eigenvalue weighted by molar-refractivity contribution is 0.609. The summed E-state index contributed by atoms with van der Waals surface area (Å²) in [6.07, 6.45) is 8.06. The van der Waals surface area contributed by atoms with Crippen LogP contribution in [0.1, 0.15) is 0 Å². The first-order chi connectivity index (χ1) is 7.04. The first kappa shape index (κ1) is 13.4. The summed E-state index contributed by atoms with van der Waals surface area (Å²) in [6.45, 7) is 13.8. The molecule has 0 aliphatic rings. The third-order valence-corrected chi connectivity index (χ3v) is 3.43. The topological polar surface area (TPSA) is 34.1 Å². The van der Waals surface area contributed by atoms with Crippen molar-refractivity contribution >= 4 is 9.84 Å². The van der Waals surface area contributed by atoms with E-state index in [4.69, 9.17) is 0 Å². The average molecular weight is 222 g/mol. The summed E-state index contributed by atoms with van der Waals surface area (Å²) in [7, 11) is -3.54. The summed E-state index contributed by atoms with van der Waals surface area (Å²) < 4.78 is 23.8. The standard InChI is InChI=1S/C12H14O2S/c1-5-9-11(7-3)15(13,14)12(8-4)10-6-2/h5-10H,1-4H2/b11-9+,12-10+. The Labute approximate surface area is 91.2 Å². The Balaban J connectivity index is 5.67. The molecular weight excluding hydrogens is 208 g/mol. The zero-order valence-corrected chi connectivity index (χ0v) is 9.33. The van der Waals surface area contributed by atoms with Crippen molar-refractivity contribution in [2.24, 2.45) is 0 Å². The van der Waals surface area contributed by atoms with E-state index >= 15 is 0 Å². The Hall–Kier alpha value is -1.61. The Kier molecular flexibility index (Phi) is 5.34. The van der Waals surface area contributed by atoms with Crippen molar-refractivity contribution in [1.29, 1.82) is 0 Å². The lowest BCUT2D eigenvalue weighted by atomic mass is 10.5. The van der Waals surface area contributed by atoms with E-state index in [2.05, 4.69) is 26.3 Å². The molecule has 0 saturated carbocycles. The maximum atomic E-state index is 11.9. The van der Waals surface area contributed by atoms with Crippen LogP contribution in [0.3, 0.4) is 0 Å². The molecule has 0 atom stereocenters. The second-order valence-electron chi connectivity index (χ2n) is 2.52. The van der Waals surface area contributed by atoms with E-state index < -0.39 is 9.84 Å². The Bertz CT molecular complexity index is 398. The predicted octanol–water partition coefficient (Wildman–Crippen LogP) is 2.91. The fraction of sp³-hybridized carbons (Fsp3) is 0. The van der Waals surface area contributed by atoms with Gasteiger partial charge in [0.2, 0.25) is 9.84 Å². The number of allylic oxidation sites excluding steroid dienone is 6. The summed E-state index contributed by atoms with van der Waals surface area (Å²) in [4.78, 5) is 0.177. The SMILES string of the molecule is C=C/C=C(\C=C)S(=O)(=O)/C(C=C)=C/C=C. The zero-order valence-electron chi connectivity index (χ0n) is 8.52. The fourth-order valence-corrected chi connectivity index (χ4v) is 2.16. The van der Waals surface area contributed by atoms with Crippen LogP contribution in [0.4, 0.5) is 0 Å². The van der Waals surface area contributed by atoms with Gasteiger partial charge < -0.3 is 0 Å². The molecule has 0 bridgehead atoms. The van der Waals surface area contributed by atoms with E-state index in [0.717, 1.165) is 0 Å². The third-order valence-electron chi connectivity index (χ3n) is 1.59. The van der Waals surface area contributed by atoms with Gasteiger partial charge in [0.25, 0.3) is 0 Å². The summed E-state index contributed by atoms with van der Waals surface area (Å²) >= 11 is 0. The van der Waals surface area contributed by atoms with Crippen LogP contribution in [0, 0.1) is 0 Å². The monoisotopic (exact) mass is 222 g/mol. The highest BCUT2D eigenvalue weighted by Gasteiger charge is 2.17. The average Bonchev–Trinajstić information content (AvgIpc) is 2.21. The Morgan fingerprint density at radius 1 is 0.800 bits per heavy atom. The highest BCUT2D eigenvalue weighted by molar-refractivity contribution is 7.99.